The number of anilines is 2. The van der Waals surface area contributed by atoms with Gasteiger partial charge in [-0.05, 0) is 99.2 Å². The number of carbonyl (C=O) groups excluding carboxylic acids is 2. The van der Waals surface area contributed by atoms with Crippen molar-refractivity contribution in [1.82, 2.24) is 4.31 Å². The molecule has 1 aliphatic heterocycles. The maximum atomic E-state index is 13.3. The lowest BCUT2D eigenvalue weighted by atomic mass is 9.92. The van der Waals surface area contributed by atoms with Crippen molar-refractivity contribution in [1.29, 1.82) is 0 Å². The van der Waals surface area contributed by atoms with E-state index in [0.29, 0.717) is 42.2 Å². The van der Waals surface area contributed by atoms with Gasteiger partial charge in [-0.15, -0.1) is 0 Å². The average molecular weight is 496 g/mol. The van der Waals surface area contributed by atoms with Crippen LogP contribution < -0.4 is 10.6 Å². The lowest BCUT2D eigenvalue weighted by Crippen LogP contribution is -2.41. The molecule has 2 amide bonds. The molecule has 3 aliphatic rings. The fourth-order valence-corrected chi connectivity index (χ4v) is 6.56. The van der Waals surface area contributed by atoms with Gasteiger partial charge in [0.25, 0.3) is 0 Å². The fourth-order valence-electron chi connectivity index (χ4n) is 5.04. The first-order valence-corrected chi connectivity index (χ1v) is 14.1. The molecule has 7 nitrogen and oxygen atoms in total. The van der Waals surface area contributed by atoms with Gasteiger partial charge in [0.2, 0.25) is 21.8 Å². The van der Waals surface area contributed by atoms with Gasteiger partial charge in [-0.3, -0.25) is 9.59 Å². The molecule has 2 fully saturated rings. The molecule has 2 N–H and O–H groups in total. The molecule has 0 spiro atoms. The van der Waals surface area contributed by atoms with Crippen molar-refractivity contribution in [2.75, 3.05) is 23.7 Å². The summed E-state index contributed by atoms with van der Waals surface area (Å²) >= 11 is 0. The van der Waals surface area contributed by atoms with Crippen molar-refractivity contribution in [3.8, 4) is 0 Å². The number of nitrogens with zero attached hydrogens (tertiary/aromatic N) is 1. The van der Waals surface area contributed by atoms with E-state index in [4.69, 9.17) is 0 Å². The monoisotopic (exact) mass is 495 g/mol. The SMILES string of the molecule is Cc1ccc(NC(=O)C2CC2)cc1NC(=O)C1CCN(S(=O)(=O)c2ccc3c(c2)CCCC3)CC1. The molecule has 2 aliphatic carbocycles. The van der Waals surface area contributed by atoms with Crippen molar-refractivity contribution >= 4 is 33.2 Å². The molecule has 186 valence electrons. The number of carbonyl (C=O) groups is 2. The molecule has 2 aromatic carbocycles. The summed E-state index contributed by atoms with van der Waals surface area (Å²) in [7, 11) is -3.57. The van der Waals surface area contributed by atoms with Crippen LogP contribution >= 0.6 is 0 Å². The molecule has 0 aromatic heterocycles. The lowest BCUT2D eigenvalue weighted by molar-refractivity contribution is -0.121. The Morgan fingerprint density at radius 1 is 0.829 bits per heavy atom. The van der Waals surface area contributed by atoms with E-state index in [1.54, 1.807) is 12.1 Å². The Balaban J connectivity index is 1.20. The number of rotatable bonds is 6. The zero-order valence-electron chi connectivity index (χ0n) is 20.2. The summed E-state index contributed by atoms with van der Waals surface area (Å²) in [5, 5.41) is 5.92. The molecule has 1 heterocycles. The summed E-state index contributed by atoms with van der Waals surface area (Å²) < 4.78 is 28.0. The van der Waals surface area contributed by atoms with E-state index in [1.165, 1.54) is 9.87 Å². The van der Waals surface area contributed by atoms with E-state index in [9.17, 15) is 18.0 Å². The zero-order valence-corrected chi connectivity index (χ0v) is 21.0. The fraction of sp³-hybridized carbons (Fsp3) is 0.481. The third-order valence-electron chi connectivity index (χ3n) is 7.49. The largest absolute Gasteiger partial charge is 0.326 e. The summed E-state index contributed by atoms with van der Waals surface area (Å²) in [4.78, 5) is 25.4. The van der Waals surface area contributed by atoms with E-state index < -0.39 is 10.0 Å². The number of hydrogen-bond acceptors (Lipinski definition) is 4. The van der Waals surface area contributed by atoms with Crippen molar-refractivity contribution < 1.29 is 18.0 Å². The predicted molar refractivity (Wildman–Crippen MR) is 136 cm³/mol. The second-order valence-electron chi connectivity index (χ2n) is 10.1. The minimum absolute atomic E-state index is 0.0265. The molecule has 1 saturated carbocycles. The average Bonchev–Trinajstić information content (AvgIpc) is 3.71. The normalized spacial score (nSPS) is 19.1. The molecule has 0 unspecified atom stereocenters. The highest BCUT2D eigenvalue weighted by Crippen LogP contribution is 2.32. The van der Waals surface area contributed by atoms with E-state index in [2.05, 4.69) is 10.6 Å². The van der Waals surface area contributed by atoms with Crippen molar-refractivity contribution in [2.24, 2.45) is 11.8 Å². The Labute approximate surface area is 207 Å². The highest BCUT2D eigenvalue weighted by Gasteiger charge is 2.33. The predicted octanol–water partition coefficient (Wildman–Crippen LogP) is 4.26. The maximum Gasteiger partial charge on any atom is 0.243 e. The number of amides is 2. The Kier molecular flexibility index (Phi) is 6.68. The van der Waals surface area contributed by atoms with Crippen LogP contribution in [0.4, 0.5) is 11.4 Å². The number of fused-ring (bicyclic) bond motifs is 1. The zero-order chi connectivity index (χ0) is 24.6. The van der Waals surface area contributed by atoms with Crippen LogP contribution in [0.5, 0.6) is 0 Å². The van der Waals surface area contributed by atoms with Crippen molar-refractivity contribution in [3.05, 3.63) is 53.1 Å². The topological polar surface area (TPSA) is 95.6 Å². The third kappa shape index (κ3) is 5.28. The van der Waals surface area contributed by atoms with Crippen LogP contribution in [0.15, 0.2) is 41.3 Å². The summed E-state index contributed by atoms with van der Waals surface area (Å²) in [6.45, 7) is 2.57. The number of benzene rings is 2. The number of aryl methyl sites for hydroxylation is 3. The standard InChI is InChI=1S/C27H33N3O4S/c1-18-6-10-23(28-26(31)20-7-8-20)17-25(18)29-27(32)21-12-14-30(15-13-21)35(33,34)24-11-9-19-4-2-3-5-22(19)16-24/h6,9-11,16-17,20-21H,2-5,7-8,12-15H2,1H3,(H,28,31)(H,29,32). The molecule has 5 rings (SSSR count). The second kappa shape index (κ2) is 9.74. The molecule has 8 heteroatoms. The van der Waals surface area contributed by atoms with E-state index in [-0.39, 0.29) is 23.7 Å². The van der Waals surface area contributed by atoms with Crippen LogP contribution in [0.1, 0.15) is 55.2 Å². The van der Waals surface area contributed by atoms with Gasteiger partial charge in [-0.25, -0.2) is 8.42 Å². The van der Waals surface area contributed by atoms with Crippen LogP contribution in [0.25, 0.3) is 0 Å². The summed E-state index contributed by atoms with van der Waals surface area (Å²) in [6.07, 6.45) is 7.04. The summed E-state index contributed by atoms with van der Waals surface area (Å²) in [6, 6.07) is 11.1. The molecule has 35 heavy (non-hydrogen) atoms. The van der Waals surface area contributed by atoms with Gasteiger partial charge in [-0.2, -0.15) is 4.31 Å². The first-order valence-electron chi connectivity index (χ1n) is 12.7. The molecular weight excluding hydrogens is 462 g/mol. The molecule has 1 saturated heterocycles. The van der Waals surface area contributed by atoms with Gasteiger partial charge >= 0.3 is 0 Å². The van der Waals surface area contributed by atoms with E-state index in [1.807, 2.05) is 31.2 Å². The van der Waals surface area contributed by atoms with Gasteiger partial charge in [-0.1, -0.05) is 12.1 Å². The van der Waals surface area contributed by atoms with Gasteiger partial charge in [0.15, 0.2) is 0 Å². The van der Waals surface area contributed by atoms with Crippen LogP contribution in [0.2, 0.25) is 0 Å². The van der Waals surface area contributed by atoms with Gasteiger partial charge < -0.3 is 10.6 Å². The van der Waals surface area contributed by atoms with Crippen LogP contribution in [0, 0.1) is 18.8 Å². The molecule has 0 bridgehead atoms. The molecular formula is C27H33N3O4S. The van der Waals surface area contributed by atoms with Crippen LogP contribution in [-0.2, 0) is 32.5 Å². The van der Waals surface area contributed by atoms with E-state index >= 15 is 0 Å². The Morgan fingerprint density at radius 3 is 2.20 bits per heavy atom. The summed E-state index contributed by atoms with van der Waals surface area (Å²) in [5.74, 6) is -0.227. The number of nitrogens with one attached hydrogen (secondary N) is 2. The number of piperidine rings is 1. The second-order valence-corrected chi connectivity index (χ2v) is 12.0. The first-order chi connectivity index (χ1) is 16.8. The minimum Gasteiger partial charge on any atom is -0.326 e. The highest BCUT2D eigenvalue weighted by atomic mass is 32.2. The molecule has 0 atom stereocenters. The van der Waals surface area contributed by atoms with Crippen molar-refractivity contribution in [3.63, 3.8) is 0 Å². The Bertz CT molecular complexity index is 1250. The Hall–Kier alpha value is -2.71. The lowest BCUT2D eigenvalue weighted by Gasteiger charge is -2.31. The van der Waals surface area contributed by atoms with Crippen LogP contribution in [0.3, 0.4) is 0 Å². The quantitative estimate of drug-likeness (QED) is 0.626. The Morgan fingerprint density at radius 2 is 1.49 bits per heavy atom. The van der Waals surface area contributed by atoms with Gasteiger partial charge in [0.1, 0.15) is 0 Å². The summed E-state index contributed by atoms with van der Waals surface area (Å²) in [5.41, 5.74) is 4.67. The third-order valence-corrected chi connectivity index (χ3v) is 9.39. The minimum atomic E-state index is -3.57. The highest BCUT2D eigenvalue weighted by molar-refractivity contribution is 7.89. The van der Waals surface area contributed by atoms with E-state index in [0.717, 1.165) is 49.7 Å². The molecule has 2 aromatic rings. The molecule has 0 radical (unpaired) electrons. The first kappa shape index (κ1) is 24.0. The van der Waals surface area contributed by atoms with Crippen molar-refractivity contribution in [2.45, 2.75) is 63.2 Å². The number of sulfonamides is 1. The van der Waals surface area contributed by atoms with Crippen LogP contribution in [-0.4, -0.2) is 37.6 Å². The maximum absolute atomic E-state index is 13.3. The van der Waals surface area contributed by atoms with Gasteiger partial charge in [0.05, 0.1) is 4.90 Å². The number of hydrogen-bond donors (Lipinski definition) is 2. The smallest absolute Gasteiger partial charge is 0.243 e. The van der Waals surface area contributed by atoms with Gasteiger partial charge in [0, 0.05) is 36.3 Å².